The molecule has 4 rings (SSSR count). The number of ether oxygens (including phenoxy) is 1. The van der Waals surface area contributed by atoms with Crippen LogP contribution in [-0.4, -0.2) is 53.7 Å². The van der Waals surface area contributed by atoms with E-state index in [0.29, 0.717) is 24.0 Å². The summed E-state index contributed by atoms with van der Waals surface area (Å²) in [5.74, 6) is -0.307. The fraction of sp³-hybridized carbons (Fsp3) is 0.208. The van der Waals surface area contributed by atoms with Gasteiger partial charge >= 0.3 is 0 Å². The van der Waals surface area contributed by atoms with Gasteiger partial charge in [-0.15, -0.1) is 0 Å². The Bertz CT molecular complexity index is 1260. The predicted molar refractivity (Wildman–Crippen MR) is 137 cm³/mol. The van der Waals surface area contributed by atoms with Crippen LogP contribution in [0.4, 0.5) is 5.69 Å². The lowest BCUT2D eigenvalue weighted by atomic mass is 10.1. The molecule has 2 heterocycles. The van der Waals surface area contributed by atoms with Crippen molar-refractivity contribution in [1.82, 2.24) is 14.8 Å². The van der Waals surface area contributed by atoms with E-state index in [9.17, 15) is 9.59 Å². The molecule has 0 spiro atoms. The van der Waals surface area contributed by atoms with Gasteiger partial charge in [-0.2, -0.15) is 0 Å². The van der Waals surface area contributed by atoms with E-state index < -0.39 is 0 Å². The van der Waals surface area contributed by atoms with Crippen LogP contribution >= 0.6 is 28.1 Å². The number of para-hydroxylation sites is 1. The van der Waals surface area contributed by atoms with Crippen LogP contribution in [0.2, 0.25) is 0 Å². The Labute approximate surface area is 205 Å². The number of thiocarbonyl (C=S) groups is 1. The van der Waals surface area contributed by atoms with Crippen molar-refractivity contribution in [3.8, 4) is 0 Å². The van der Waals surface area contributed by atoms with Crippen LogP contribution in [0.3, 0.4) is 0 Å². The number of methoxy groups -OCH3 is 1. The molecule has 1 aliphatic heterocycles. The second-order valence-electron chi connectivity index (χ2n) is 7.56. The summed E-state index contributed by atoms with van der Waals surface area (Å²) < 4.78 is 7.77. The first-order chi connectivity index (χ1) is 15.9. The third kappa shape index (κ3) is 4.71. The van der Waals surface area contributed by atoms with Gasteiger partial charge in [0.05, 0.1) is 12.3 Å². The monoisotopic (exact) mass is 526 g/mol. The third-order valence-electron chi connectivity index (χ3n) is 5.38. The summed E-state index contributed by atoms with van der Waals surface area (Å²) >= 11 is 9.08. The summed E-state index contributed by atoms with van der Waals surface area (Å²) in [6, 6.07) is 15.2. The van der Waals surface area contributed by atoms with Gasteiger partial charge in [0.25, 0.3) is 5.91 Å². The maximum absolute atomic E-state index is 13.3. The van der Waals surface area contributed by atoms with Crippen molar-refractivity contribution in [2.75, 3.05) is 32.2 Å². The number of rotatable bonds is 7. The molecule has 0 aliphatic carbocycles. The number of hydrogen-bond donors (Lipinski definition) is 1. The first kappa shape index (κ1) is 23.2. The standard InChI is InChI=1S/C24H23BrN4O3S/c1-27-21(23(31)29(24(27)33)18-6-4-3-5-7-18)12-16-14-28(15-22(30)26-10-11-32-2)20-9-8-17(25)13-19(16)20/h3-9,12-14H,10-11,15H2,1-2H3,(H,26,30)/b21-12-. The van der Waals surface area contributed by atoms with E-state index in [1.807, 2.05) is 65.4 Å². The summed E-state index contributed by atoms with van der Waals surface area (Å²) in [6.45, 7) is 1.06. The number of carbonyl (C=O) groups is 2. The molecule has 1 saturated heterocycles. The van der Waals surface area contributed by atoms with Crippen LogP contribution < -0.4 is 10.2 Å². The van der Waals surface area contributed by atoms with E-state index in [4.69, 9.17) is 17.0 Å². The molecule has 170 valence electrons. The Kier molecular flexibility index (Phi) is 6.92. The minimum Gasteiger partial charge on any atom is -0.383 e. The molecular formula is C24H23BrN4O3S. The molecular weight excluding hydrogens is 504 g/mol. The predicted octanol–water partition coefficient (Wildman–Crippen LogP) is 3.77. The van der Waals surface area contributed by atoms with E-state index >= 15 is 0 Å². The Morgan fingerprint density at radius 3 is 2.70 bits per heavy atom. The van der Waals surface area contributed by atoms with Gasteiger partial charge in [0.2, 0.25) is 5.91 Å². The molecule has 0 radical (unpaired) electrons. The Morgan fingerprint density at radius 2 is 1.97 bits per heavy atom. The highest BCUT2D eigenvalue weighted by Gasteiger charge is 2.36. The third-order valence-corrected chi connectivity index (χ3v) is 6.33. The van der Waals surface area contributed by atoms with Crippen LogP contribution in [-0.2, 0) is 20.9 Å². The highest BCUT2D eigenvalue weighted by molar-refractivity contribution is 9.10. The molecule has 33 heavy (non-hydrogen) atoms. The average Bonchev–Trinajstić information content (AvgIpc) is 3.23. The Morgan fingerprint density at radius 1 is 1.21 bits per heavy atom. The normalized spacial score (nSPS) is 15.2. The molecule has 9 heteroatoms. The Hall–Kier alpha value is -3.01. The smallest absolute Gasteiger partial charge is 0.281 e. The van der Waals surface area contributed by atoms with Crippen LogP contribution in [0.15, 0.2) is 64.9 Å². The number of benzene rings is 2. The fourth-order valence-corrected chi connectivity index (χ4v) is 4.40. The van der Waals surface area contributed by atoms with Crippen molar-refractivity contribution in [2.45, 2.75) is 6.54 Å². The van der Waals surface area contributed by atoms with Gasteiger partial charge in [-0.25, -0.2) is 0 Å². The number of halogens is 1. The topological polar surface area (TPSA) is 66.8 Å². The summed E-state index contributed by atoms with van der Waals surface area (Å²) in [7, 11) is 3.38. The number of nitrogens with one attached hydrogen (secondary N) is 1. The Balaban J connectivity index is 1.71. The van der Waals surface area contributed by atoms with Crippen LogP contribution in [0.5, 0.6) is 0 Å². The second kappa shape index (κ2) is 9.86. The van der Waals surface area contributed by atoms with Gasteiger partial charge in [0.15, 0.2) is 5.11 Å². The number of nitrogens with zero attached hydrogens (tertiary/aromatic N) is 3. The van der Waals surface area contributed by atoms with E-state index in [-0.39, 0.29) is 18.4 Å². The average molecular weight is 527 g/mol. The van der Waals surface area contributed by atoms with Gasteiger partial charge in [0.1, 0.15) is 12.2 Å². The lowest BCUT2D eigenvalue weighted by molar-refractivity contribution is -0.121. The first-order valence-corrected chi connectivity index (χ1v) is 11.5. The summed E-state index contributed by atoms with van der Waals surface area (Å²) in [4.78, 5) is 28.9. The van der Waals surface area contributed by atoms with Gasteiger partial charge in [0, 0.05) is 47.8 Å². The van der Waals surface area contributed by atoms with Crippen molar-refractivity contribution in [3.05, 3.63) is 70.5 Å². The zero-order chi connectivity index (χ0) is 23.5. The maximum atomic E-state index is 13.3. The number of fused-ring (bicyclic) bond motifs is 1. The van der Waals surface area contributed by atoms with Crippen LogP contribution in [0.1, 0.15) is 5.56 Å². The minimum atomic E-state index is -0.193. The molecule has 3 aromatic rings. The second-order valence-corrected chi connectivity index (χ2v) is 8.84. The highest BCUT2D eigenvalue weighted by atomic mass is 79.9. The molecule has 0 atom stereocenters. The van der Waals surface area contributed by atoms with E-state index in [1.54, 1.807) is 19.1 Å². The number of hydrogen-bond acceptors (Lipinski definition) is 4. The van der Waals surface area contributed by atoms with Crippen molar-refractivity contribution in [2.24, 2.45) is 0 Å². The molecule has 7 nitrogen and oxygen atoms in total. The minimum absolute atomic E-state index is 0.114. The molecule has 0 saturated carbocycles. The molecule has 1 aromatic heterocycles. The summed E-state index contributed by atoms with van der Waals surface area (Å²) in [5.41, 5.74) is 2.90. The molecule has 0 unspecified atom stereocenters. The van der Waals surface area contributed by atoms with Gasteiger partial charge < -0.3 is 19.5 Å². The first-order valence-electron chi connectivity index (χ1n) is 10.3. The van der Waals surface area contributed by atoms with Crippen molar-refractivity contribution in [1.29, 1.82) is 0 Å². The molecule has 1 aliphatic rings. The maximum Gasteiger partial charge on any atom is 0.281 e. The molecule has 2 aromatic carbocycles. The summed E-state index contributed by atoms with van der Waals surface area (Å²) in [6.07, 6.45) is 3.71. The van der Waals surface area contributed by atoms with Gasteiger partial charge in [-0.05, 0) is 48.6 Å². The highest BCUT2D eigenvalue weighted by Crippen LogP contribution is 2.31. The van der Waals surface area contributed by atoms with E-state index in [2.05, 4.69) is 21.2 Å². The van der Waals surface area contributed by atoms with E-state index in [0.717, 1.165) is 26.6 Å². The number of anilines is 1. The molecule has 0 bridgehead atoms. The quantitative estimate of drug-likeness (QED) is 0.288. The lowest BCUT2D eigenvalue weighted by Gasteiger charge is -2.16. The number of amides is 2. The van der Waals surface area contributed by atoms with Crippen LogP contribution in [0.25, 0.3) is 17.0 Å². The zero-order valence-electron chi connectivity index (χ0n) is 18.2. The SMILES string of the molecule is COCCNC(=O)Cn1cc(/C=C2/C(=O)N(c3ccccc3)C(=S)N2C)c2cc(Br)ccc21. The van der Waals surface area contributed by atoms with Crippen molar-refractivity contribution in [3.63, 3.8) is 0 Å². The molecule has 1 fully saturated rings. The fourth-order valence-electron chi connectivity index (χ4n) is 3.75. The molecule has 2 amide bonds. The zero-order valence-corrected chi connectivity index (χ0v) is 20.6. The van der Waals surface area contributed by atoms with Gasteiger partial charge in [-0.3, -0.25) is 14.5 Å². The lowest BCUT2D eigenvalue weighted by Crippen LogP contribution is -2.30. The van der Waals surface area contributed by atoms with E-state index in [1.165, 1.54) is 4.90 Å². The van der Waals surface area contributed by atoms with Crippen molar-refractivity contribution >= 4 is 67.7 Å². The largest absolute Gasteiger partial charge is 0.383 e. The number of aromatic nitrogens is 1. The van der Waals surface area contributed by atoms with Crippen molar-refractivity contribution < 1.29 is 14.3 Å². The summed E-state index contributed by atoms with van der Waals surface area (Å²) in [5, 5.41) is 4.18. The number of carbonyl (C=O) groups excluding carboxylic acids is 2. The van der Waals surface area contributed by atoms with Gasteiger partial charge in [-0.1, -0.05) is 34.1 Å². The number of likely N-dealkylation sites (N-methyl/N-ethyl adjacent to an activating group) is 1. The molecule has 1 N–H and O–H groups in total. The van der Waals surface area contributed by atoms with Crippen LogP contribution in [0, 0.1) is 0 Å².